The maximum Gasteiger partial charge on any atom is 0.274 e. The highest BCUT2D eigenvalue weighted by Crippen LogP contribution is 2.26. The smallest absolute Gasteiger partial charge is 0.274 e. The van der Waals surface area contributed by atoms with Gasteiger partial charge in [0.05, 0.1) is 10.7 Å². The Balaban J connectivity index is 1.82. The second-order valence-corrected chi connectivity index (χ2v) is 6.08. The Morgan fingerprint density at radius 2 is 1.80 bits per heavy atom. The molecule has 126 valence electrons. The number of carbonyl (C=O) groups is 1. The molecular weight excluding hydrogens is 359 g/mol. The minimum Gasteiger partial charge on any atom is -0.329 e. The van der Waals surface area contributed by atoms with Gasteiger partial charge in [-0.15, -0.1) is 0 Å². The zero-order chi connectivity index (χ0) is 17.8. The van der Waals surface area contributed by atoms with Gasteiger partial charge in [-0.3, -0.25) is 4.79 Å². The summed E-state index contributed by atoms with van der Waals surface area (Å²) in [5.41, 5.74) is 1.65. The Hall–Kier alpha value is -2.63. The van der Waals surface area contributed by atoms with Crippen LogP contribution in [-0.4, -0.2) is 22.9 Å². The third-order valence-electron chi connectivity index (χ3n) is 3.55. The number of para-hydroxylation sites is 1. The predicted molar refractivity (Wildman–Crippen MR) is 101 cm³/mol. The van der Waals surface area contributed by atoms with Gasteiger partial charge in [0.2, 0.25) is 0 Å². The average Bonchev–Trinajstić information content (AvgIpc) is 2.64. The number of halogens is 2. The second kappa shape index (κ2) is 7.51. The van der Waals surface area contributed by atoms with Crippen LogP contribution in [0.2, 0.25) is 10.0 Å². The van der Waals surface area contributed by atoms with Crippen molar-refractivity contribution in [1.29, 1.82) is 0 Å². The van der Waals surface area contributed by atoms with Crippen molar-refractivity contribution in [2.24, 2.45) is 0 Å². The molecule has 1 aromatic heterocycles. The fourth-order valence-corrected chi connectivity index (χ4v) is 2.67. The largest absolute Gasteiger partial charge is 0.329 e. The first-order chi connectivity index (χ1) is 12.0. The third-order valence-corrected chi connectivity index (χ3v) is 4.10. The maximum atomic E-state index is 12.5. The van der Waals surface area contributed by atoms with Gasteiger partial charge in [-0.05, 0) is 30.3 Å². The lowest BCUT2D eigenvalue weighted by atomic mass is 10.2. The number of anilines is 3. The lowest BCUT2D eigenvalue weighted by molar-refractivity contribution is 0.102. The van der Waals surface area contributed by atoms with Crippen molar-refractivity contribution >= 4 is 46.3 Å². The van der Waals surface area contributed by atoms with E-state index in [-0.39, 0.29) is 11.6 Å². The summed E-state index contributed by atoms with van der Waals surface area (Å²) >= 11 is 11.9. The monoisotopic (exact) mass is 372 g/mol. The number of benzene rings is 2. The van der Waals surface area contributed by atoms with Crippen molar-refractivity contribution in [3.8, 4) is 0 Å². The van der Waals surface area contributed by atoms with Crippen LogP contribution < -0.4 is 10.2 Å². The first-order valence-corrected chi connectivity index (χ1v) is 8.17. The third kappa shape index (κ3) is 4.07. The minimum atomic E-state index is -0.380. The van der Waals surface area contributed by atoms with Gasteiger partial charge in [0, 0.05) is 23.8 Å². The summed E-state index contributed by atoms with van der Waals surface area (Å²) < 4.78 is 0. The molecule has 25 heavy (non-hydrogen) atoms. The highest BCUT2D eigenvalue weighted by Gasteiger charge is 2.13. The molecule has 3 rings (SSSR count). The summed E-state index contributed by atoms with van der Waals surface area (Å²) in [6.07, 6.45) is 1.35. The summed E-state index contributed by atoms with van der Waals surface area (Å²) in [4.78, 5) is 22.6. The molecule has 0 fully saturated rings. The summed E-state index contributed by atoms with van der Waals surface area (Å²) in [7, 11) is 1.87. The Kier molecular flexibility index (Phi) is 5.16. The van der Waals surface area contributed by atoms with E-state index in [1.807, 2.05) is 42.3 Å². The second-order valence-electron chi connectivity index (χ2n) is 5.23. The number of nitrogens with zero attached hydrogens (tertiary/aromatic N) is 3. The van der Waals surface area contributed by atoms with E-state index in [4.69, 9.17) is 23.2 Å². The molecule has 7 heteroatoms. The van der Waals surface area contributed by atoms with Gasteiger partial charge in [-0.25, -0.2) is 9.97 Å². The van der Waals surface area contributed by atoms with Crippen molar-refractivity contribution in [3.05, 3.63) is 76.7 Å². The van der Waals surface area contributed by atoms with E-state index >= 15 is 0 Å². The molecule has 0 saturated carbocycles. The maximum absolute atomic E-state index is 12.5. The lowest BCUT2D eigenvalue weighted by Crippen LogP contribution is -2.17. The fourth-order valence-electron chi connectivity index (χ4n) is 2.22. The molecule has 1 amide bonds. The molecule has 0 aliphatic heterocycles. The van der Waals surface area contributed by atoms with Gasteiger partial charge in [-0.1, -0.05) is 41.4 Å². The summed E-state index contributed by atoms with van der Waals surface area (Å²) in [5, 5.41) is 3.58. The van der Waals surface area contributed by atoms with Gasteiger partial charge < -0.3 is 10.2 Å². The molecule has 0 spiro atoms. The molecule has 0 aliphatic carbocycles. The van der Waals surface area contributed by atoms with Crippen molar-refractivity contribution in [2.45, 2.75) is 0 Å². The van der Waals surface area contributed by atoms with Gasteiger partial charge in [0.15, 0.2) is 0 Å². The number of rotatable bonds is 4. The standard InChI is InChI=1S/C18H14Cl2N4O/c1-24(13-5-3-2-4-6-13)17-10-16(21-11-22-17)18(25)23-15-8-7-12(19)9-14(15)20/h2-11H,1H3,(H,23,25). The molecular formula is C18H14Cl2N4O. The predicted octanol–water partition coefficient (Wildman–Crippen LogP) is 4.80. The number of hydrogen-bond acceptors (Lipinski definition) is 4. The molecule has 0 aliphatic rings. The van der Waals surface area contributed by atoms with Gasteiger partial charge in [0.25, 0.3) is 5.91 Å². The minimum absolute atomic E-state index is 0.235. The van der Waals surface area contributed by atoms with Crippen LogP contribution in [-0.2, 0) is 0 Å². The molecule has 1 N–H and O–H groups in total. The van der Waals surface area contributed by atoms with Gasteiger partial charge in [-0.2, -0.15) is 0 Å². The summed E-state index contributed by atoms with van der Waals surface area (Å²) in [5.74, 6) is 0.225. The van der Waals surface area contributed by atoms with E-state index in [1.165, 1.54) is 6.33 Å². The van der Waals surface area contributed by atoms with Crippen LogP contribution in [0.25, 0.3) is 0 Å². The number of carbonyl (C=O) groups excluding carboxylic acids is 1. The van der Waals surface area contributed by atoms with E-state index in [1.54, 1.807) is 24.3 Å². The first kappa shape index (κ1) is 17.2. The van der Waals surface area contributed by atoms with Gasteiger partial charge in [0.1, 0.15) is 17.8 Å². The molecule has 0 unspecified atom stereocenters. The first-order valence-electron chi connectivity index (χ1n) is 7.42. The number of nitrogens with one attached hydrogen (secondary N) is 1. The Morgan fingerprint density at radius 3 is 2.52 bits per heavy atom. The quantitative estimate of drug-likeness (QED) is 0.714. The zero-order valence-electron chi connectivity index (χ0n) is 13.3. The molecule has 1 heterocycles. The van der Waals surface area contributed by atoms with Crippen molar-refractivity contribution in [3.63, 3.8) is 0 Å². The average molecular weight is 373 g/mol. The molecule has 0 bridgehead atoms. The van der Waals surface area contributed by atoms with Crippen LogP contribution in [0.5, 0.6) is 0 Å². The van der Waals surface area contributed by atoms with E-state index in [2.05, 4.69) is 15.3 Å². The molecule has 0 atom stereocenters. The highest BCUT2D eigenvalue weighted by atomic mass is 35.5. The normalized spacial score (nSPS) is 10.4. The molecule has 5 nitrogen and oxygen atoms in total. The van der Waals surface area contributed by atoms with Crippen LogP contribution in [0, 0.1) is 0 Å². The fraction of sp³-hybridized carbons (Fsp3) is 0.0556. The Morgan fingerprint density at radius 1 is 1.04 bits per heavy atom. The van der Waals surface area contributed by atoms with E-state index in [0.717, 1.165) is 5.69 Å². The summed E-state index contributed by atoms with van der Waals surface area (Å²) in [6, 6.07) is 16.2. The lowest BCUT2D eigenvalue weighted by Gasteiger charge is -2.18. The van der Waals surface area contributed by atoms with Crippen LogP contribution >= 0.6 is 23.2 Å². The zero-order valence-corrected chi connectivity index (χ0v) is 14.8. The van der Waals surface area contributed by atoms with E-state index in [9.17, 15) is 4.79 Å². The van der Waals surface area contributed by atoms with Crippen LogP contribution in [0.1, 0.15) is 10.5 Å². The number of amides is 1. The van der Waals surface area contributed by atoms with Crippen molar-refractivity contribution in [2.75, 3.05) is 17.3 Å². The van der Waals surface area contributed by atoms with Crippen molar-refractivity contribution in [1.82, 2.24) is 9.97 Å². The molecule has 0 radical (unpaired) electrons. The van der Waals surface area contributed by atoms with E-state index < -0.39 is 0 Å². The number of aromatic nitrogens is 2. The Labute approximate surface area is 155 Å². The van der Waals surface area contributed by atoms with E-state index in [0.29, 0.717) is 21.6 Å². The van der Waals surface area contributed by atoms with Crippen LogP contribution in [0.4, 0.5) is 17.2 Å². The van der Waals surface area contributed by atoms with Crippen LogP contribution in [0.3, 0.4) is 0 Å². The molecule has 0 saturated heterocycles. The SMILES string of the molecule is CN(c1ccccc1)c1cc(C(=O)Nc2ccc(Cl)cc2Cl)ncn1. The van der Waals surface area contributed by atoms with Crippen molar-refractivity contribution < 1.29 is 4.79 Å². The molecule has 2 aromatic carbocycles. The Bertz CT molecular complexity index is 903. The van der Waals surface area contributed by atoms with Gasteiger partial charge >= 0.3 is 0 Å². The topological polar surface area (TPSA) is 58.1 Å². The highest BCUT2D eigenvalue weighted by molar-refractivity contribution is 6.36. The molecule has 3 aromatic rings. The van der Waals surface area contributed by atoms with Crippen LogP contribution in [0.15, 0.2) is 60.9 Å². The summed E-state index contributed by atoms with van der Waals surface area (Å²) in [6.45, 7) is 0. The number of hydrogen-bond donors (Lipinski definition) is 1.